The first-order valence-corrected chi connectivity index (χ1v) is 14.7. The molecule has 218 valence electrons. The summed E-state index contributed by atoms with van der Waals surface area (Å²) in [6, 6.07) is 5.28. The van der Waals surface area contributed by atoms with Crippen molar-refractivity contribution < 1.29 is 29.0 Å². The molecule has 1 aromatic carbocycles. The number of likely N-dealkylation sites (tertiary alicyclic amines) is 1. The number of unbranched alkanes of at least 4 members (excludes halogenated alkanes) is 2. The topological polar surface area (TPSA) is 96.4 Å². The maximum atomic E-state index is 14.5. The average molecular weight is 573 g/mol. The fourth-order valence-electron chi connectivity index (χ4n) is 6.69. The van der Waals surface area contributed by atoms with Gasteiger partial charge in [-0.3, -0.25) is 14.4 Å². The summed E-state index contributed by atoms with van der Waals surface area (Å²) in [5, 5.41) is 11.0. The van der Waals surface area contributed by atoms with Crippen molar-refractivity contribution in [3.05, 3.63) is 54.6 Å². The van der Waals surface area contributed by atoms with E-state index in [2.05, 4.69) is 13.2 Å². The van der Waals surface area contributed by atoms with Crippen LogP contribution >= 0.6 is 11.6 Å². The third-order valence-corrected chi connectivity index (χ3v) is 9.10. The van der Waals surface area contributed by atoms with Crippen molar-refractivity contribution in [3.8, 4) is 0 Å². The molecule has 3 fully saturated rings. The van der Waals surface area contributed by atoms with Crippen LogP contribution in [0.4, 0.5) is 5.69 Å². The number of aliphatic hydroxyl groups excluding tert-OH is 1. The molecule has 2 bridgehead atoms. The zero-order chi connectivity index (χ0) is 29.0. The summed E-state index contributed by atoms with van der Waals surface area (Å²) in [5.41, 5.74) is -0.577. The largest absolute Gasteiger partial charge is 0.465 e. The number of hydrogen-bond acceptors (Lipinski definition) is 6. The van der Waals surface area contributed by atoms with Crippen LogP contribution in [0.15, 0.2) is 49.6 Å². The van der Waals surface area contributed by atoms with E-state index in [0.717, 1.165) is 12.8 Å². The molecule has 8 nitrogen and oxygen atoms in total. The molecule has 2 amide bonds. The van der Waals surface area contributed by atoms with Crippen LogP contribution in [0.2, 0.25) is 5.02 Å². The van der Waals surface area contributed by atoms with E-state index in [4.69, 9.17) is 21.1 Å². The lowest BCUT2D eigenvalue weighted by atomic mass is 9.70. The van der Waals surface area contributed by atoms with Crippen LogP contribution in [-0.2, 0) is 23.9 Å². The number of hydrogen-bond donors (Lipinski definition) is 1. The van der Waals surface area contributed by atoms with Crippen molar-refractivity contribution in [3.63, 3.8) is 0 Å². The summed E-state index contributed by atoms with van der Waals surface area (Å²) in [6.45, 7) is 11.6. The Morgan fingerprint density at radius 2 is 2.00 bits per heavy atom. The highest BCUT2D eigenvalue weighted by Gasteiger charge is 2.75. The third kappa shape index (κ3) is 5.33. The van der Waals surface area contributed by atoms with Crippen molar-refractivity contribution in [1.29, 1.82) is 0 Å². The molecule has 9 heteroatoms. The molecule has 0 saturated carbocycles. The van der Waals surface area contributed by atoms with Gasteiger partial charge in [0.25, 0.3) is 5.91 Å². The van der Waals surface area contributed by atoms with Gasteiger partial charge in [-0.2, -0.15) is 0 Å². The van der Waals surface area contributed by atoms with E-state index in [-0.39, 0.29) is 37.5 Å². The van der Waals surface area contributed by atoms with Gasteiger partial charge in [-0.25, -0.2) is 0 Å². The Morgan fingerprint density at radius 1 is 1.27 bits per heavy atom. The first kappa shape index (κ1) is 30.3. The Bertz CT molecular complexity index is 1110. The summed E-state index contributed by atoms with van der Waals surface area (Å²) in [6.07, 6.45) is 7.06. The Kier molecular flexibility index (Phi) is 9.75. The van der Waals surface area contributed by atoms with Crippen LogP contribution < -0.4 is 4.90 Å². The minimum Gasteiger partial charge on any atom is -0.465 e. The van der Waals surface area contributed by atoms with Crippen LogP contribution in [0.1, 0.15) is 52.4 Å². The fraction of sp³-hybridized carbons (Fsp3) is 0.581. The van der Waals surface area contributed by atoms with Gasteiger partial charge in [0, 0.05) is 17.3 Å². The van der Waals surface area contributed by atoms with Gasteiger partial charge < -0.3 is 24.4 Å². The molecule has 3 aliphatic rings. The highest BCUT2D eigenvalue weighted by molar-refractivity contribution is 6.30. The highest BCUT2D eigenvalue weighted by atomic mass is 35.5. The second-order valence-corrected chi connectivity index (χ2v) is 11.5. The predicted molar refractivity (Wildman–Crippen MR) is 154 cm³/mol. The van der Waals surface area contributed by atoms with E-state index >= 15 is 0 Å². The number of esters is 1. The Morgan fingerprint density at radius 3 is 2.62 bits per heavy atom. The lowest BCUT2D eigenvalue weighted by Crippen LogP contribution is -2.60. The Labute approximate surface area is 241 Å². The molecule has 2 unspecified atom stereocenters. The standard InChI is InChI=1S/C31H41ClN2O6/c1-5-8-9-10-18-39-30(38)25-24-15-16-31(40-24)26(25)28(36)34(23(19-35)20(4)7-3)27(31)29(37)33(17-6-2)22-13-11-21(32)12-14-22/h5-6,11-14,20,23-27,35H,1-2,7-10,15-19H2,3-4H3/t20-,23-,24+,25-,26-,27?,31?/m0/s1. The number of benzene rings is 1. The predicted octanol–water partition coefficient (Wildman–Crippen LogP) is 4.54. The number of halogens is 1. The van der Waals surface area contributed by atoms with Gasteiger partial charge in [0.05, 0.1) is 37.2 Å². The van der Waals surface area contributed by atoms with Gasteiger partial charge in [-0.15, -0.1) is 13.2 Å². The first-order chi connectivity index (χ1) is 19.2. The van der Waals surface area contributed by atoms with E-state index in [1.165, 1.54) is 4.90 Å². The molecule has 3 heterocycles. The molecule has 1 aromatic rings. The van der Waals surface area contributed by atoms with E-state index in [1.54, 1.807) is 35.2 Å². The minimum absolute atomic E-state index is 0.0877. The number of ether oxygens (including phenoxy) is 2. The van der Waals surface area contributed by atoms with Crippen molar-refractivity contribution in [2.75, 3.05) is 24.7 Å². The van der Waals surface area contributed by atoms with Gasteiger partial charge in [-0.05, 0) is 62.3 Å². The average Bonchev–Trinajstić information content (AvgIpc) is 3.60. The maximum Gasteiger partial charge on any atom is 0.312 e. The molecule has 3 aliphatic heterocycles. The number of allylic oxidation sites excluding steroid dienone is 1. The number of fused-ring (bicyclic) bond motifs is 1. The molecule has 0 radical (unpaired) electrons. The first-order valence-electron chi connectivity index (χ1n) is 14.3. The van der Waals surface area contributed by atoms with E-state index < -0.39 is 41.6 Å². The van der Waals surface area contributed by atoms with E-state index in [1.807, 2.05) is 19.9 Å². The quantitative estimate of drug-likeness (QED) is 0.200. The van der Waals surface area contributed by atoms with Gasteiger partial charge in [0.15, 0.2) is 0 Å². The zero-order valence-corrected chi connectivity index (χ0v) is 24.2. The van der Waals surface area contributed by atoms with Gasteiger partial charge >= 0.3 is 5.97 Å². The molecule has 0 aromatic heterocycles. The van der Waals surface area contributed by atoms with Crippen molar-refractivity contribution >= 4 is 35.1 Å². The molecular weight excluding hydrogens is 532 g/mol. The SMILES string of the molecule is C=CCCCCOC(=O)[C@@H]1[C@H]2C(=O)N([C@@H](CO)[C@@H](C)CC)C(C(=O)N(CC=C)c3ccc(Cl)cc3)C23CC[C@H]1O3. The van der Waals surface area contributed by atoms with Crippen LogP contribution in [0.3, 0.4) is 0 Å². The van der Waals surface area contributed by atoms with Gasteiger partial charge in [0.2, 0.25) is 5.91 Å². The molecule has 7 atom stereocenters. The number of amides is 2. The highest BCUT2D eigenvalue weighted by Crippen LogP contribution is 2.59. The van der Waals surface area contributed by atoms with Crippen molar-refractivity contribution in [2.45, 2.75) is 76.2 Å². The number of carbonyl (C=O) groups excluding carboxylic acids is 3. The van der Waals surface area contributed by atoms with Gasteiger partial charge in [0.1, 0.15) is 11.6 Å². The van der Waals surface area contributed by atoms with Crippen molar-refractivity contribution in [2.24, 2.45) is 17.8 Å². The molecule has 3 saturated heterocycles. The number of aliphatic hydroxyl groups is 1. The lowest BCUT2D eigenvalue weighted by molar-refractivity contribution is -0.156. The summed E-state index contributed by atoms with van der Waals surface area (Å²) in [7, 11) is 0. The summed E-state index contributed by atoms with van der Waals surface area (Å²) >= 11 is 6.11. The minimum atomic E-state index is -1.18. The molecule has 0 aliphatic carbocycles. The molecule has 1 N–H and O–H groups in total. The Hall–Kier alpha value is -2.68. The van der Waals surface area contributed by atoms with Crippen LogP contribution in [0.5, 0.6) is 0 Å². The van der Waals surface area contributed by atoms with Crippen LogP contribution in [-0.4, -0.2) is 71.3 Å². The van der Waals surface area contributed by atoms with Gasteiger partial charge in [-0.1, -0.05) is 44.0 Å². The smallest absolute Gasteiger partial charge is 0.312 e. The lowest BCUT2D eigenvalue weighted by Gasteiger charge is -2.40. The van der Waals surface area contributed by atoms with Crippen LogP contribution in [0, 0.1) is 17.8 Å². The number of anilines is 1. The normalized spacial score (nSPS) is 28.2. The number of carbonyl (C=O) groups is 3. The monoisotopic (exact) mass is 572 g/mol. The zero-order valence-electron chi connectivity index (χ0n) is 23.5. The fourth-order valence-corrected chi connectivity index (χ4v) is 6.82. The molecule has 1 spiro atoms. The number of nitrogens with zero attached hydrogens (tertiary/aromatic N) is 2. The summed E-state index contributed by atoms with van der Waals surface area (Å²) in [4.78, 5) is 45.3. The van der Waals surface area contributed by atoms with E-state index in [9.17, 15) is 19.5 Å². The molecule has 40 heavy (non-hydrogen) atoms. The maximum absolute atomic E-state index is 14.5. The van der Waals surface area contributed by atoms with Crippen LogP contribution in [0.25, 0.3) is 0 Å². The summed E-state index contributed by atoms with van der Waals surface area (Å²) in [5.74, 6) is -2.85. The third-order valence-electron chi connectivity index (χ3n) is 8.85. The Balaban J connectivity index is 1.73. The number of rotatable bonds is 14. The molecular formula is C31H41ClN2O6. The summed E-state index contributed by atoms with van der Waals surface area (Å²) < 4.78 is 12.2. The van der Waals surface area contributed by atoms with Crippen molar-refractivity contribution in [1.82, 2.24) is 4.90 Å². The second kappa shape index (κ2) is 12.9. The molecule has 4 rings (SSSR count). The van der Waals surface area contributed by atoms with E-state index in [0.29, 0.717) is 36.4 Å². The second-order valence-electron chi connectivity index (χ2n) is 11.1.